The lowest BCUT2D eigenvalue weighted by molar-refractivity contribution is 0.107. The molecule has 96 valence electrons. The van der Waals surface area contributed by atoms with Gasteiger partial charge in [0.05, 0.1) is 0 Å². The largest absolute Gasteiger partial charge is 0.519 e. The van der Waals surface area contributed by atoms with E-state index in [1.807, 2.05) is 6.92 Å². The van der Waals surface area contributed by atoms with Crippen molar-refractivity contribution in [3.05, 3.63) is 73.3 Å². The minimum Gasteiger partial charge on any atom is -0.395 e. The van der Waals surface area contributed by atoms with E-state index in [1.54, 1.807) is 49.5 Å². The lowest BCUT2D eigenvalue weighted by Gasteiger charge is -2.05. The molecule has 0 heterocycles. The average molecular weight is 246 g/mol. The van der Waals surface area contributed by atoms with Gasteiger partial charge in [-0.1, -0.05) is 37.5 Å². The molecule has 0 amide bonds. The molecule has 0 aromatic rings. The Morgan fingerprint density at radius 3 is 2.17 bits per heavy atom. The first kappa shape index (κ1) is 15.7. The van der Waals surface area contributed by atoms with Crippen LogP contribution in [0.4, 0.5) is 4.79 Å². The number of carbonyl (C=O) groups excluding carboxylic acids is 1. The maximum absolute atomic E-state index is 11.5. The molecule has 0 aromatic carbocycles. The predicted octanol–water partition coefficient (Wildman–Crippen LogP) is 4.43. The molecule has 0 aromatic heterocycles. The summed E-state index contributed by atoms with van der Waals surface area (Å²) in [6, 6.07) is 0. The Hall–Kier alpha value is -2.29. The van der Waals surface area contributed by atoms with Crippen molar-refractivity contribution < 1.29 is 14.3 Å². The van der Waals surface area contributed by atoms with E-state index >= 15 is 0 Å². The Labute approximate surface area is 108 Å². The number of allylic oxidation sites excluding steroid dienone is 8. The van der Waals surface area contributed by atoms with Gasteiger partial charge in [0.1, 0.15) is 11.5 Å². The zero-order chi connectivity index (χ0) is 13.8. The van der Waals surface area contributed by atoms with Crippen molar-refractivity contribution in [1.29, 1.82) is 0 Å². The minimum atomic E-state index is -0.803. The first-order valence-electron chi connectivity index (χ1n) is 5.48. The van der Waals surface area contributed by atoms with E-state index in [2.05, 4.69) is 13.2 Å². The molecule has 3 heteroatoms. The van der Waals surface area contributed by atoms with E-state index in [4.69, 9.17) is 9.47 Å². The Balaban J connectivity index is 4.58. The number of hydrogen-bond donors (Lipinski definition) is 0. The van der Waals surface area contributed by atoms with Crippen LogP contribution in [0.1, 0.15) is 13.8 Å². The van der Waals surface area contributed by atoms with Crippen LogP contribution in [-0.2, 0) is 9.47 Å². The van der Waals surface area contributed by atoms with Gasteiger partial charge in [0.25, 0.3) is 0 Å². The van der Waals surface area contributed by atoms with Gasteiger partial charge in [-0.05, 0) is 38.2 Å². The smallest absolute Gasteiger partial charge is 0.395 e. The van der Waals surface area contributed by atoms with Gasteiger partial charge in [-0.3, -0.25) is 0 Å². The summed E-state index contributed by atoms with van der Waals surface area (Å²) in [6.45, 7) is 10.6. The quantitative estimate of drug-likeness (QED) is 0.395. The Bertz CT molecular complexity index is 409. The Morgan fingerprint density at radius 2 is 1.67 bits per heavy atom. The summed E-state index contributed by atoms with van der Waals surface area (Å²) in [6.07, 6.45) is 12.2. The minimum absolute atomic E-state index is 0.362. The molecular formula is C15H18O3. The van der Waals surface area contributed by atoms with Crippen molar-refractivity contribution >= 4 is 6.16 Å². The van der Waals surface area contributed by atoms with Crippen LogP contribution in [0.2, 0.25) is 0 Å². The Kier molecular flexibility index (Phi) is 8.64. The summed E-state index contributed by atoms with van der Waals surface area (Å²) in [7, 11) is 0. The molecule has 0 saturated carbocycles. The van der Waals surface area contributed by atoms with E-state index in [1.165, 1.54) is 6.08 Å². The third-order valence-electron chi connectivity index (χ3n) is 1.70. The zero-order valence-corrected chi connectivity index (χ0v) is 10.8. The maximum atomic E-state index is 11.5. The molecule has 0 unspecified atom stereocenters. The van der Waals surface area contributed by atoms with E-state index in [9.17, 15) is 4.79 Å². The number of hydrogen-bond acceptors (Lipinski definition) is 3. The van der Waals surface area contributed by atoms with Crippen LogP contribution in [0, 0.1) is 0 Å². The van der Waals surface area contributed by atoms with E-state index in [0.29, 0.717) is 11.5 Å². The lowest BCUT2D eigenvalue weighted by Crippen LogP contribution is -2.05. The Morgan fingerprint density at radius 1 is 1.00 bits per heavy atom. The fourth-order valence-corrected chi connectivity index (χ4v) is 0.969. The summed E-state index contributed by atoms with van der Waals surface area (Å²) in [5.74, 6) is 0.749. The molecular weight excluding hydrogens is 228 g/mol. The molecule has 0 radical (unpaired) electrons. The van der Waals surface area contributed by atoms with Gasteiger partial charge in [0, 0.05) is 0 Å². The van der Waals surface area contributed by atoms with Gasteiger partial charge in [0.15, 0.2) is 0 Å². The van der Waals surface area contributed by atoms with Crippen LogP contribution in [0.3, 0.4) is 0 Å². The SMILES string of the molecule is C=C/C=C\C(=C/C)OC(=O)OC(/C=C\C)=C/C=C. The zero-order valence-electron chi connectivity index (χ0n) is 10.8. The summed E-state index contributed by atoms with van der Waals surface area (Å²) in [4.78, 5) is 11.5. The van der Waals surface area contributed by atoms with Crippen molar-refractivity contribution in [1.82, 2.24) is 0 Å². The van der Waals surface area contributed by atoms with Crippen LogP contribution < -0.4 is 0 Å². The topological polar surface area (TPSA) is 35.5 Å². The average Bonchev–Trinajstić information content (AvgIpc) is 2.35. The van der Waals surface area contributed by atoms with Gasteiger partial charge in [-0.15, -0.1) is 0 Å². The first-order valence-corrected chi connectivity index (χ1v) is 5.48. The monoisotopic (exact) mass is 246 g/mol. The lowest BCUT2D eigenvalue weighted by atomic mass is 10.4. The number of ether oxygens (including phenoxy) is 2. The van der Waals surface area contributed by atoms with Crippen molar-refractivity contribution in [2.45, 2.75) is 13.8 Å². The van der Waals surface area contributed by atoms with Gasteiger partial charge in [-0.2, -0.15) is 0 Å². The second kappa shape index (κ2) is 9.90. The standard InChI is InChI=1S/C15H18O3/c1-5-9-12-13(8-4)17-15(16)18-14(10-6-2)11-7-3/h5-12H,1-2H2,3-4H3/b11-7-,12-9-,13-8+,14-10+. The normalized spacial score (nSPS) is 12.8. The second-order valence-electron chi connectivity index (χ2n) is 3.04. The van der Waals surface area contributed by atoms with Crippen LogP contribution in [0.15, 0.2) is 73.3 Å². The summed E-state index contributed by atoms with van der Waals surface area (Å²) in [5.41, 5.74) is 0. The van der Waals surface area contributed by atoms with Gasteiger partial charge in [-0.25, -0.2) is 4.79 Å². The molecule has 0 aliphatic rings. The van der Waals surface area contributed by atoms with Crippen molar-refractivity contribution in [3.8, 4) is 0 Å². The highest BCUT2D eigenvalue weighted by atomic mass is 16.7. The molecule has 0 atom stereocenters. The van der Waals surface area contributed by atoms with Crippen molar-refractivity contribution in [3.63, 3.8) is 0 Å². The van der Waals surface area contributed by atoms with Gasteiger partial charge < -0.3 is 9.47 Å². The predicted molar refractivity (Wildman–Crippen MR) is 73.8 cm³/mol. The molecule has 18 heavy (non-hydrogen) atoms. The summed E-state index contributed by atoms with van der Waals surface area (Å²) >= 11 is 0. The fraction of sp³-hybridized carbons (Fsp3) is 0.133. The van der Waals surface area contributed by atoms with E-state index < -0.39 is 6.16 Å². The molecule has 0 spiro atoms. The first-order chi connectivity index (χ1) is 8.67. The highest BCUT2D eigenvalue weighted by Gasteiger charge is 2.07. The molecule has 0 aliphatic heterocycles. The molecule has 0 rings (SSSR count). The summed E-state index contributed by atoms with van der Waals surface area (Å²) in [5, 5.41) is 0. The van der Waals surface area contributed by atoms with Crippen LogP contribution >= 0.6 is 0 Å². The van der Waals surface area contributed by atoms with Crippen molar-refractivity contribution in [2.24, 2.45) is 0 Å². The third kappa shape index (κ3) is 7.06. The van der Waals surface area contributed by atoms with Crippen LogP contribution in [-0.4, -0.2) is 6.16 Å². The van der Waals surface area contributed by atoms with Gasteiger partial charge >= 0.3 is 6.16 Å². The number of carbonyl (C=O) groups is 1. The van der Waals surface area contributed by atoms with Crippen LogP contribution in [0.25, 0.3) is 0 Å². The summed E-state index contributed by atoms with van der Waals surface area (Å²) < 4.78 is 9.97. The maximum Gasteiger partial charge on any atom is 0.519 e. The van der Waals surface area contributed by atoms with Gasteiger partial charge in [0.2, 0.25) is 0 Å². The molecule has 0 bridgehead atoms. The molecule has 3 nitrogen and oxygen atoms in total. The van der Waals surface area contributed by atoms with Crippen molar-refractivity contribution in [2.75, 3.05) is 0 Å². The van der Waals surface area contributed by atoms with Crippen LogP contribution in [0.5, 0.6) is 0 Å². The highest BCUT2D eigenvalue weighted by molar-refractivity contribution is 5.64. The molecule has 0 fully saturated rings. The second-order valence-corrected chi connectivity index (χ2v) is 3.04. The van der Waals surface area contributed by atoms with E-state index in [0.717, 1.165) is 0 Å². The number of rotatable bonds is 6. The molecule has 0 N–H and O–H groups in total. The molecule has 0 saturated heterocycles. The highest BCUT2D eigenvalue weighted by Crippen LogP contribution is 2.07. The fourth-order valence-electron chi connectivity index (χ4n) is 0.969. The van der Waals surface area contributed by atoms with E-state index in [-0.39, 0.29) is 0 Å². The third-order valence-corrected chi connectivity index (χ3v) is 1.70. The molecule has 0 aliphatic carbocycles.